The van der Waals surface area contributed by atoms with E-state index in [0.29, 0.717) is 23.6 Å². The number of carbonyl (C=O) groups is 3. The summed E-state index contributed by atoms with van der Waals surface area (Å²) in [6.07, 6.45) is 2.28. The van der Waals surface area contributed by atoms with E-state index in [1.165, 1.54) is 4.90 Å². The quantitative estimate of drug-likeness (QED) is 0.859. The maximum Gasteiger partial charge on any atom is 0.253 e. The van der Waals surface area contributed by atoms with Crippen LogP contribution in [0.5, 0.6) is 0 Å². The van der Waals surface area contributed by atoms with Gasteiger partial charge in [0.05, 0.1) is 23.2 Å². The van der Waals surface area contributed by atoms with Gasteiger partial charge in [-0.05, 0) is 31.4 Å². The van der Waals surface area contributed by atoms with Crippen LogP contribution in [0.1, 0.15) is 28.8 Å². The fourth-order valence-electron chi connectivity index (χ4n) is 2.51. The van der Waals surface area contributed by atoms with E-state index < -0.39 is 0 Å². The van der Waals surface area contributed by atoms with E-state index in [1.807, 2.05) is 0 Å². The van der Waals surface area contributed by atoms with Crippen molar-refractivity contribution >= 4 is 29.7 Å². The van der Waals surface area contributed by atoms with Gasteiger partial charge in [-0.2, -0.15) is 0 Å². The first kappa shape index (κ1) is 15.5. The predicted molar refractivity (Wildman–Crippen MR) is 79.3 cm³/mol. The monoisotopic (exact) mass is 308 g/mol. The fraction of sp³-hybridized carbons (Fsp3) is 0.400. The summed E-state index contributed by atoms with van der Waals surface area (Å²) in [4.78, 5) is 36.5. The second kappa shape index (κ2) is 6.72. The molecule has 2 rings (SSSR count). The van der Waals surface area contributed by atoms with Crippen LogP contribution >= 0.6 is 11.6 Å². The van der Waals surface area contributed by atoms with E-state index >= 15 is 0 Å². The summed E-state index contributed by atoms with van der Waals surface area (Å²) in [5.41, 5.74) is 1.12. The SMILES string of the molecule is Cc1cccc(Cl)c1C(=O)NCC(=O)N1CCC[C@H]1C=O. The number of nitrogens with one attached hydrogen (secondary N) is 1. The Bertz CT molecular complexity index is 554. The highest BCUT2D eigenvalue weighted by Gasteiger charge is 2.28. The molecule has 0 saturated carbocycles. The zero-order valence-electron chi connectivity index (χ0n) is 11.8. The van der Waals surface area contributed by atoms with E-state index in [4.69, 9.17) is 11.6 Å². The van der Waals surface area contributed by atoms with Gasteiger partial charge in [-0.3, -0.25) is 9.59 Å². The molecule has 1 aliphatic rings. The number of likely N-dealkylation sites (tertiary alicyclic amines) is 1. The molecule has 5 nitrogen and oxygen atoms in total. The van der Waals surface area contributed by atoms with Crippen LogP contribution in [0.15, 0.2) is 18.2 Å². The van der Waals surface area contributed by atoms with Gasteiger partial charge in [0.25, 0.3) is 5.91 Å². The van der Waals surface area contributed by atoms with Gasteiger partial charge in [0.1, 0.15) is 6.29 Å². The Balaban J connectivity index is 1.98. The number of amides is 2. The number of aldehydes is 1. The zero-order chi connectivity index (χ0) is 15.4. The molecule has 1 heterocycles. The zero-order valence-corrected chi connectivity index (χ0v) is 12.5. The molecule has 0 unspecified atom stereocenters. The topological polar surface area (TPSA) is 66.5 Å². The third-order valence-corrected chi connectivity index (χ3v) is 3.94. The highest BCUT2D eigenvalue weighted by molar-refractivity contribution is 6.34. The lowest BCUT2D eigenvalue weighted by atomic mass is 10.1. The van der Waals surface area contributed by atoms with Gasteiger partial charge in [0.15, 0.2) is 0 Å². The summed E-state index contributed by atoms with van der Waals surface area (Å²) in [5.74, 6) is -0.629. The van der Waals surface area contributed by atoms with Crippen molar-refractivity contribution in [3.8, 4) is 0 Å². The molecule has 1 aromatic carbocycles. The normalized spacial score (nSPS) is 17.6. The molecule has 0 bridgehead atoms. The summed E-state index contributed by atoms with van der Waals surface area (Å²) in [6.45, 7) is 2.21. The van der Waals surface area contributed by atoms with Crippen molar-refractivity contribution in [1.82, 2.24) is 10.2 Å². The third kappa shape index (κ3) is 3.42. The molecule has 0 radical (unpaired) electrons. The Morgan fingerprint density at radius 1 is 1.48 bits per heavy atom. The van der Waals surface area contributed by atoms with Crippen molar-refractivity contribution in [3.05, 3.63) is 34.3 Å². The molecule has 1 saturated heterocycles. The first-order valence-electron chi connectivity index (χ1n) is 6.82. The summed E-state index contributed by atoms with van der Waals surface area (Å²) in [5, 5.41) is 2.93. The first-order valence-corrected chi connectivity index (χ1v) is 7.20. The second-order valence-electron chi connectivity index (χ2n) is 5.05. The molecular formula is C15H17ClN2O3. The summed E-state index contributed by atoms with van der Waals surface area (Å²) < 4.78 is 0. The maximum absolute atomic E-state index is 12.1. The van der Waals surface area contributed by atoms with E-state index in [0.717, 1.165) is 18.3 Å². The van der Waals surface area contributed by atoms with Crippen molar-refractivity contribution < 1.29 is 14.4 Å². The van der Waals surface area contributed by atoms with E-state index in [2.05, 4.69) is 5.32 Å². The van der Waals surface area contributed by atoms with Gasteiger partial charge < -0.3 is 15.0 Å². The molecular weight excluding hydrogens is 292 g/mol. The standard InChI is InChI=1S/C15H17ClN2O3/c1-10-4-2-6-12(16)14(10)15(21)17-8-13(20)18-7-3-5-11(18)9-19/h2,4,6,9,11H,3,5,7-8H2,1H3,(H,17,21)/t11-/m0/s1. The minimum Gasteiger partial charge on any atom is -0.343 e. The molecule has 1 atom stereocenters. The third-order valence-electron chi connectivity index (χ3n) is 3.63. The maximum atomic E-state index is 12.1. The number of carbonyl (C=O) groups excluding carboxylic acids is 3. The van der Waals surface area contributed by atoms with Crippen LogP contribution in [0.25, 0.3) is 0 Å². The Kier molecular flexibility index (Phi) is 4.96. The number of benzene rings is 1. The van der Waals surface area contributed by atoms with E-state index in [-0.39, 0.29) is 24.4 Å². The molecule has 21 heavy (non-hydrogen) atoms. The molecule has 1 fully saturated rings. The van der Waals surface area contributed by atoms with Crippen LogP contribution in [0.3, 0.4) is 0 Å². The largest absolute Gasteiger partial charge is 0.343 e. The van der Waals surface area contributed by atoms with E-state index in [1.54, 1.807) is 25.1 Å². The molecule has 112 valence electrons. The molecule has 1 aromatic rings. The van der Waals surface area contributed by atoms with Crippen molar-refractivity contribution in [2.45, 2.75) is 25.8 Å². The van der Waals surface area contributed by atoms with Crippen LogP contribution in [-0.2, 0) is 9.59 Å². The van der Waals surface area contributed by atoms with Crippen molar-refractivity contribution in [3.63, 3.8) is 0 Å². The molecule has 1 aliphatic heterocycles. The lowest BCUT2D eigenvalue weighted by Gasteiger charge is -2.20. The van der Waals surface area contributed by atoms with Crippen molar-refractivity contribution in [2.75, 3.05) is 13.1 Å². The molecule has 0 aliphatic carbocycles. The number of nitrogens with zero attached hydrogens (tertiary/aromatic N) is 1. The second-order valence-corrected chi connectivity index (χ2v) is 5.45. The summed E-state index contributed by atoms with van der Waals surface area (Å²) in [6, 6.07) is 4.81. The Morgan fingerprint density at radius 2 is 2.24 bits per heavy atom. The predicted octanol–water partition coefficient (Wildman–Crippen LogP) is 1.57. The van der Waals surface area contributed by atoms with Crippen LogP contribution in [-0.4, -0.2) is 42.1 Å². The minimum atomic E-state index is -0.381. The number of rotatable bonds is 4. The van der Waals surface area contributed by atoms with Crippen molar-refractivity contribution in [1.29, 1.82) is 0 Å². The Morgan fingerprint density at radius 3 is 2.90 bits per heavy atom. The summed E-state index contributed by atoms with van der Waals surface area (Å²) in [7, 11) is 0. The van der Waals surface area contributed by atoms with Crippen LogP contribution < -0.4 is 5.32 Å². The number of hydrogen-bond donors (Lipinski definition) is 1. The Hall–Kier alpha value is -1.88. The minimum absolute atomic E-state index is 0.131. The number of hydrogen-bond acceptors (Lipinski definition) is 3. The van der Waals surface area contributed by atoms with Crippen molar-refractivity contribution in [2.24, 2.45) is 0 Å². The molecule has 1 N–H and O–H groups in total. The molecule has 6 heteroatoms. The van der Waals surface area contributed by atoms with Crippen LogP contribution in [0.2, 0.25) is 5.02 Å². The summed E-state index contributed by atoms with van der Waals surface area (Å²) >= 11 is 6.01. The van der Waals surface area contributed by atoms with E-state index in [9.17, 15) is 14.4 Å². The first-order chi connectivity index (χ1) is 10.0. The average molecular weight is 309 g/mol. The molecule has 0 spiro atoms. The highest BCUT2D eigenvalue weighted by Crippen LogP contribution is 2.19. The lowest BCUT2D eigenvalue weighted by molar-refractivity contribution is -0.133. The van der Waals surface area contributed by atoms with Crippen LogP contribution in [0.4, 0.5) is 0 Å². The molecule has 2 amide bonds. The Labute approximate surface area is 128 Å². The molecule has 0 aromatic heterocycles. The van der Waals surface area contributed by atoms with Gasteiger partial charge >= 0.3 is 0 Å². The number of halogens is 1. The van der Waals surface area contributed by atoms with Gasteiger partial charge in [-0.15, -0.1) is 0 Å². The van der Waals surface area contributed by atoms with Gasteiger partial charge in [-0.25, -0.2) is 0 Å². The van der Waals surface area contributed by atoms with Gasteiger partial charge in [0, 0.05) is 6.54 Å². The van der Waals surface area contributed by atoms with Gasteiger partial charge in [-0.1, -0.05) is 23.7 Å². The highest BCUT2D eigenvalue weighted by atomic mass is 35.5. The fourth-order valence-corrected chi connectivity index (χ4v) is 2.82. The smallest absolute Gasteiger partial charge is 0.253 e. The lowest BCUT2D eigenvalue weighted by Crippen LogP contribution is -2.43. The van der Waals surface area contributed by atoms with Crippen LogP contribution in [0, 0.1) is 6.92 Å². The average Bonchev–Trinajstić information content (AvgIpc) is 2.93. The van der Waals surface area contributed by atoms with Gasteiger partial charge in [0.2, 0.25) is 5.91 Å². The number of aryl methyl sites for hydroxylation is 1.